The Labute approximate surface area is 405 Å². The molecule has 0 saturated carbocycles. The topological polar surface area (TPSA) is 149 Å². The molecule has 3 aliphatic heterocycles. The predicted octanol–water partition coefficient (Wildman–Crippen LogP) is 7.19. The van der Waals surface area contributed by atoms with E-state index in [2.05, 4.69) is 42.3 Å². The van der Waals surface area contributed by atoms with E-state index in [1.807, 2.05) is 109 Å². The van der Waals surface area contributed by atoms with Crippen LogP contribution in [-0.4, -0.2) is 75.3 Å². The summed E-state index contributed by atoms with van der Waals surface area (Å²) >= 11 is 0. The van der Waals surface area contributed by atoms with Gasteiger partial charge in [-0.25, -0.2) is 0 Å². The van der Waals surface area contributed by atoms with Crippen LogP contribution in [0.3, 0.4) is 0 Å². The highest BCUT2D eigenvalue weighted by molar-refractivity contribution is 6.91. The molecule has 1 spiro atoms. The number of hydrogen-bond donors (Lipinski definition) is 1. The molecule has 11 rings (SSSR count). The van der Waals surface area contributed by atoms with Crippen molar-refractivity contribution in [2.24, 2.45) is 5.92 Å². The lowest BCUT2D eigenvalue weighted by molar-refractivity contribution is -0.151. The fourth-order valence-corrected chi connectivity index (χ4v) is 15.7. The summed E-state index contributed by atoms with van der Waals surface area (Å²) in [4.78, 5) is 62.4. The molecule has 3 aliphatic rings. The molecular weight excluding hydrogens is 897 g/mol. The van der Waals surface area contributed by atoms with E-state index < -0.39 is 31.7 Å². The molecule has 2 amide bonds. The highest BCUT2D eigenvalue weighted by Gasteiger charge is 2.66. The molecule has 2 aromatic heterocycles. The number of benzene rings is 6. The smallest absolute Gasteiger partial charge is 0.279 e. The van der Waals surface area contributed by atoms with Gasteiger partial charge in [-0.05, 0) is 83.2 Å². The Morgan fingerprint density at radius 2 is 1.40 bits per heavy atom. The van der Waals surface area contributed by atoms with Gasteiger partial charge in [-0.1, -0.05) is 110 Å². The van der Waals surface area contributed by atoms with Gasteiger partial charge in [0.1, 0.15) is 5.75 Å². The van der Waals surface area contributed by atoms with Crippen LogP contribution < -0.4 is 25.9 Å². The minimum atomic E-state index is -2.71. The highest BCUT2D eigenvalue weighted by Crippen LogP contribution is 2.60. The van der Waals surface area contributed by atoms with Crippen LogP contribution in [-0.2, 0) is 39.4 Å². The Balaban J connectivity index is 1.04. The van der Waals surface area contributed by atoms with E-state index in [0.717, 1.165) is 33.0 Å². The number of aromatic nitrogens is 4. The number of ether oxygens (including phenoxy) is 2. The van der Waals surface area contributed by atoms with Crippen molar-refractivity contribution < 1.29 is 24.2 Å². The van der Waals surface area contributed by atoms with Crippen molar-refractivity contribution >= 4 is 52.3 Å². The molecule has 0 radical (unpaired) electrons. The van der Waals surface area contributed by atoms with Crippen LogP contribution >= 0.6 is 0 Å². The summed E-state index contributed by atoms with van der Waals surface area (Å²) in [6, 6.07) is 43.2. The summed E-state index contributed by atoms with van der Waals surface area (Å²) in [5.74, 6) is -0.218. The number of anilines is 1. The van der Waals surface area contributed by atoms with Crippen LogP contribution in [0.15, 0.2) is 162 Å². The summed E-state index contributed by atoms with van der Waals surface area (Å²) in [6.45, 7) is 6.88. The average molecular weight is 949 g/mol. The average Bonchev–Trinajstić information content (AvgIpc) is 3.81. The van der Waals surface area contributed by atoms with E-state index in [9.17, 15) is 19.5 Å². The summed E-state index contributed by atoms with van der Waals surface area (Å²) in [5, 5.41) is 23.4. The van der Waals surface area contributed by atoms with Gasteiger partial charge in [0.05, 0.1) is 87.1 Å². The molecule has 1 saturated heterocycles. The molecule has 1 fully saturated rings. The Morgan fingerprint density at radius 1 is 0.771 bits per heavy atom. The Kier molecular flexibility index (Phi) is 11.2. The second-order valence-corrected chi connectivity index (χ2v) is 24.0. The first-order valence-electron chi connectivity index (χ1n) is 23.7. The molecule has 352 valence electrons. The van der Waals surface area contributed by atoms with Crippen LogP contribution in [0.4, 0.5) is 5.69 Å². The minimum absolute atomic E-state index is 0.0223. The summed E-state index contributed by atoms with van der Waals surface area (Å²) in [6.07, 6.45) is 3.11. The number of fused-ring (bicyclic) bond motifs is 5. The zero-order valence-corrected chi connectivity index (χ0v) is 40.4. The second kappa shape index (κ2) is 17.5. The van der Waals surface area contributed by atoms with E-state index in [1.54, 1.807) is 47.5 Å². The number of carbonyl (C=O) groups is 2. The normalized spacial score (nSPS) is 20.8. The van der Waals surface area contributed by atoms with Crippen LogP contribution in [0.1, 0.15) is 35.6 Å². The molecule has 5 heterocycles. The van der Waals surface area contributed by atoms with E-state index in [1.165, 1.54) is 9.36 Å². The molecular formula is C56H52N6O7Si. The van der Waals surface area contributed by atoms with Gasteiger partial charge in [-0.3, -0.25) is 19.2 Å². The van der Waals surface area contributed by atoms with Crippen molar-refractivity contribution in [3.05, 3.63) is 195 Å². The molecule has 0 aliphatic carbocycles. The zero-order chi connectivity index (χ0) is 48.5. The Morgan fingerprint density at radius 3 is 2.06 bits per heavy atom. The largest absolute Gasteiger partial charge is 0.497 e. The van der Waals surface area contributed by atoms with Crippen LogP contribution in [0, 0.1) is 5.92 Å². The molecule has 0 bridgehead atoms. The monoisotopic (exact) mass is 948 g/mol. The number of carbonyl (C=O) groups excluding carboxylic acids is 2. The standard InChI is InChI=1S/C56H52N6O7Si/c1-35-52(70(3,4)45-23-21-44(68-2)22-24-45)50(29-51(64)59-33-40-16-6-5-13-37(40)27-43(59)34-63)69-56(35)48-28-42(62-54(66)47-19-10-8-15-39(47)31-58-62)20-25-49(48)60(55(56)67)32-36-12-11-17-41(26-36)61-53(65)46-18-9-7-14-38(46)30-57-61/h5-26,28,30-31,35,43,50,52,63H,27,29,32-34H2,1-4H3/t35-,43-,50+,52-,56+/m0/s1. The van der Waals surface area contributed by atoms with E-state index >= 15 is 4.79 Å². The number of aliphatic hydroxyl groups is 1. The van der Waals surface area contributed by atoms with E-state index in [4.69, 9.17) is 9.47 Å². The fraction of sp³-hybridized carbons (Fsp3) is 0.250. The van der Waals surface area contributed by atoms with Crippen molar-refractivity contribution in [1.29, 1.82) is 0 Å². The number of hydrogen-bond acceptors (Lipinski definition) is 9. The third-order valence-corrected chi connectivity index (χ3v) is 19.6. The van der Waals surface area contributed by atoms with E-state index in [0.29, 0.717) is 51.7 Å². The van der Waals surface area contributed by atoms with Gasteiger partial charge in [0.2, 0.25) is 5.91 Å². The minimum Gasteiger partial charge on any atom is -0.497 e. The summed E-state index contributed by atoms with van der Waals surface area (Å²) in [7, 11) is -1.08. The second-order valence-electron chi connectivity index (χ2n) is 19.4. The van der Waals surface area contributed by atoms with Gasteiger partial charge in [-0.15, -0.1) is 0 Å². The zero-order valence-electron chi connectivity index (χ0n) is 39.4. The molecule has 70 heavy (non-hydrogen) atoms. The molecule has 1 N–H and O–H groups in total. The van der Waals surface area contributed by atoms with Crippen molar-refractivity contribution in [2.75, 3.05) is 18.6 Å². The van der Waals surface area contributed by atoms with Gasteiger partial charge in [0.15, 0.2) is 5.60 Å². The first kappa shape index (κ1) is 45.0. The van der Waals surface area contributed by atoms with Crippen molar-refractivity contribution in [3.63, 3.8) is 0 Å². The van der Waals surface area contributed by atoms with Crippen LogP contribution in [0.25, 0.3) is 32.9 Å². The number of aliphatic hydroxyl groups excluding tert-OH is 1. The first-order chi connectivity index (χ1) is 33.9. The van der Waals surface area contributed by atoms with Crippen molar-refractivity contribution in [3.8, 4) is 17.1 Å². The molecule has 0 unspecified atom stereocenters. The number of methoxy groups -OCH3 is 1. The lowest BCUT2D eigenvalue weighted by atomic mass is 9.82. The Bertz CT molecular complexity index is 3500. The molecule has 14 heteroatoms. The predicted molar refractivity (Wildman–Crippen MR) is 272 cm³/mol. The quantitative estimate of drug-likeness (QED) is 0.141. The Hall–Kier alpha value is -7.52. The fourth-order valence-electron chi connectivity index (χ4n) is 11.6. The maximum Gasteiger partial charge on any atom is 0.279 e. The first-order valence-corrected chi connectivity index (χ1v) is 26.8. The third kappa shape index (κ3) is 7.28. The lowest BCUT2D eigenvalue weighted by Gasteiger charge is -2.39. The van der Waals surface area contributed by atoms with Crippen molar-refractivity contribution in [1.82, 2.24) is 24.5 Å². The molecule has 13 nitrogen and oxygen atoms in total. The van der Waals surface area contributed by atoms with Gasteiger partial charge >= 0.3 is 0 Å². The lowest BCUT2D eigenvalue weighted by Crippen LogP contribution is -2.52. The van der Waals surface area contributed by atoms with Crippen molar-refractivity contribution in [2.45, 2.75) is 69.2 Å². The van der Waals surface area contributed by atoms with Crippen LogP contribution in [0.5, 0.6) is 5.75 Å². The van der Waals surface area contributed by atoms with Gasteiger partial charge in [0, 0.05) is 28.8 Å². The third-order valence-electron chi connectivity index (χ3n) is 15.2. The van der Waals surface area contributed by atoms with Gasteiger partial charge in [-0.2, -0.15) is 19.6 Å². The number of amides is 2. The molecule has 6 aromatic carbocycles. The highest BCUT2D eigenvalue weighted by atomic mass is 28.3. The number of nitrogens with zero attached hydrogens (tertiary/aromatic N) is 6. The summed E-state index contributed by atoms with van der Waals surface area (Å²) in [5.41, 5.74) is 2.62. The molecule has 8 aromatic rings. The maximum atomic E-state index is 16.0. The van der Waals surface area contributed by atoms with Gasteiger partial charge < -0.3 is 24.4 Å². The maximum absolute atomic E-state index is 16.0. The molecule has 5 atom stereocenters. The van der Waals surface area contributed by atoms with Gasteiger partial charge in [0.25, 0.3) is 17.0 Å². The summed E-state index contributed by atoms with van der Waals surface area (Å²) < 4.78 is 15.8. The van der Waals surface area contributed by atoms with Crippen LogP contribution in [0.2, 0.25) is 18.6 Å². The number of rotatable bonds is 10. The van der Waals surface area contributed by atoms with E-state index in [-0.39, 0.29) is 48.0 Å². The SMILES string of the molecule is COc1ccc([Si](C)(C)[C@@H]2[C@@H](CC(=O)N3Cc4ccccc4C[C@H]3CO)O[C@]3(C(=O)N(Cc4cccc(-n5ncc6ccccc6c5=O)c4)c4ccc(-n5ncc6ccccc6c5=O)cc43)[C@H]2C)cc1.